The molecule has 0 saturated heterocycles. The van der Waals surface area contributed by atoms with Gasteiger partial charge in [-0.1, -0.05) is 24.3 Å². The van der Waals surface area contributed by atoms with Crippen LogP contribution in [0.2, 0.25) is 0 Å². The van der Waals surface area contributed by atoms with Gasteiger partial charge in [0.2, 0.25) is 0 Å². The van der Waals surface area contributed by atoms with E-state index < -0.39 is 0 Å². The topological polar surface area (TPSA) is 66.5 Å². The molecule has 0 amide bonds. The predicted octanol–water partition coefficient (Wildman–Crippen LogP) is 4.26. The molecule has 0 radical (unpaired) electrons. The van der Waals surface area contributed by atoms with E-state index in [1.807, 2.05) is 36.0 Å². The number of nitrogens with zero attached hydrogens (tertiary/aromatic N) is 4. The first-order chi connectivity index (χ1) is 13.2. The summed E-state index contributed by atoms with van der Waals surface area (Å²) in [5.41, 5.74) is 2.28. The number of rotatable bonds is 4. The molecule has 2 aromatic heterocycles. The minimum absolute atomic E-state index is 0.335. The SMILES string of the molecule is Cn1ccnc1CNc1ncc(-c2ccc(C#N)cc2)c2cccc(F)c12. The molecule has 4 aromatic rings. The summed E-state index contributed by atoms with van der Waals surface area (Å²) in [6.45, 7) is 0.441. The standard InChI is InChI=1S/C21H16FN5/c1-27-10-9-24-19(27)13-26-21-20-16(3-2-4-18(20)22)17(12-25-21)15-7-5-14(11-23)6-8-15/h2-10,12H,13H2,1H3,(H,25,26). The molecule has 4 rings (SSSR count). The molecule has 27 heavy (non-hydrogen) atoms. The minimum Gasteiger partial charge on any atom is -0.362 e. The van der Waals surface area contributed by atoms with Crippen molar-refractivity contribution in [1.29, 1.82) is 5.26 Å². The number of pyridine rings is 1. The van der Waals surface area contributed by atoms with Crippen LogP contribution in [0, 0.1) is 17.1 Å². The summed E-state index contributed by atoms with van der Waals surface area (Å²) in [6.07, 6.45) is 5.30. The summed E-state index contributed by atoms with van der Waals surface area (Å²) in [5, 5.41) is 13.4. The van der Waals surface area contributed by atoms with Crippen molar-refractivity contribution < 1.29 is 4.39 Å². The fourth-order valence-corrected chi connectivity index (χ4v) is 3.07. The van der Waals surface area contributed by atoms with Gasteiger partial charge < -0.3 is 9.88 Å². The maximum Gasteiger partial charge on any atom is 0.137 e. The lowest BCUT2D eigenvalue weighted by Gasteiger charge is -2.13. The van der Waals surface area contributed by atoms with Gasteiger partial charge in [-0.2, -0.15) is 5.26 Å². The van der Waals surface area contributed by atoms with E-state index in [1.54, 1.807) is 30.6 Å². The average Bonchev–Trinajstić information content (AvgIpc) is 3.11. The minimum atomic E-state index is -0.335. The van der Waals surface area contributed by atoms with Gasteiger partial charge in [-0.25, -0.2) is 14.4 Å². The summed E-state index contributed by atoms with van der Waals surface area (Å²) in [5.74, 6) is 0.971. The maximum absolute atomic E-state index is 14.7. The van der Waals surface area contributed by atoms with Crippen LogP contribution < -0.4 is 5.32 Å². The molecular formula is C21H16FN5. The third kappa shape index (κ3) is 3.11. The molecule has 0 bridgehead atoms. The number of halogens is 1. The molecule has 0 aliphatic rings. The van der Waals surface area contributed by atoms with Crippen LogP contribution in [0.5, 0.6) is 0 Å². The van der Waals surface area contributed by atoms with Crippen LogP contribution in [0.15, 0.2) is 61.1 Å². The Morgan fingerprint density at radius 3 is 2.67 bits per heavy atom. The number of nitriles is 1. The fraction of sp³-hybridized carbons (Fsp3) is 0.0952. The highest BCUT2D eigenvalue weighted by Gasteiger charge is 2.13. The van der Waals surface area contributed by atoms with Crippen LogP contribution in [0.3, 0.4) is 0 Å². The largest absolute Gasteiger partial charge is 0.362 e. The van der Waals surface area contributed by atoms with Gasteiger partial charge in [-0.3, -0.25) is 0 Å². The summed E-state index contributed by atoms with van der Waals surface area (Å²) in [4.78, 5) is 8.73. The van der Waals surface area contributed by atoms with Crippen molar-refractivity contribution >= 4 is 16.6 Å². The summed E-state index contributed by atoms with van der Waals surface area (Å²) >= 11 is 0. The van der Waals surface area contributed by atoms with Gasteiger partial charge in [0.25, 0.3) is 0 Å². The van der Waals surface area contributed by atoms with E-state index in [0.717, 1.165) is 22.3 Å². The molecule has 2 heterocycles. The number of benzene rings is 2. The van der Waals surface area contributed by atoms with E-state index in [0.29, 0.717) is 23.3 Å². The Labute approximate surface area is 155 Å². The van der Waals surface area contributed by atoms with Gasteiger partial charge in [-0.15, -0.1) is 0 Å². The first-order valence-corrected chi connectivity index (χ1v) is 8.45. The number of fused-ring (bicyclic) bond motifs is 1. The Hall–Kier alpha value is -3.72. The number of aryl methyl sites for hydroxylation is 1. The number of anilines is 1. The predicted molar refractivity (Wildman–Crippen MR) is 102 cm³/mol. The zero-order valence-electron chi connectivity index (χ0n) is 14.6. The second-order valence-electron chi connectivity index (χ2n) is 6.18. The van der Waals surface area contributed by atoms with Crippen LogP contribution in [0.25, 0.3) is 21.9 Å². The normalized spacial score (nSPS) is 10.7. The molecular weight excluding hydrogens is 341 g/mol. The van der Waals surface area contributed by atoms with Crippen LogP contribution in [0.1, 0.15) is 11.4 Å². The molecule has 6 heteroatoms. The van der Waals surface area contributed by atoms with Crippen molar-refractivity contribution in [2.75, 3.05) is 5.32 Å². The van der Waals surface area contributed by atoms with E-state index in [1.165, 1.54) is 6.07 Å². The maximum atomic E-state index is 14.7. The van der Waals surface area contributed by atoms with E-state index >= 15 is 0 Å². The van der Waals surface area contributed by atoms with Crippen molar-refractivity contribution in [2.45, 2.75) is 6.54 Å². The quantitative estimate of drug-likeness (QED) is 0.593. The smallest absolute Gasteiger partial charge is 0.137 e. The number of hydrogen-bond donors (Lipinski definition) is 1. The van der Waals surface area contributed by atoms with Crippen molar-refractivity contribution in [3.63, 3.8) is 0 Å². The van der Waals surface area contributed by atoms with Crippen molar-refractivity contribution in [1.82, 2.24) is 14.5 Å². The highest BCUT2D eigenvalue weighted by atomic mass is 19.1. The molecule has 132 valence electrons. The Morgan fingerprint density at radius 2 is 1.96 bits per heavy atom. The second kappa shape index (κ2) is 6.89. The zero-order valence-corrected chi connectivity index (χ0v) is 14.6. The van der Waals surface area contributed by atoms with E-state index in [9.17, 15) is 4.39 Å². The molecule has 0 aliphatic heterocycles. The average molecular weight is 357 g/mol. The highest BCUT2D eigenvalue weighted by Crippen LogP contribution is 2.33. The van der Waals surface area contributed by atoms with Crippen molar-refractivity contribution in [2.24, 2.45) is 7.05 Å². The lowest BCUT2D eigenvalue weighted by atomic mass is 9.99. The number of hydrogen-bond acceptors (Lipinski definition) is 4. The van der Waals surface area contributed by atoms with Gasteiger partial charge >= 0.3 is 0 Å². The second-order valence-corrected chi connectivity index (χ2v) is 6.18. The third-order valence-corrected chi connectivity index (χ3v) is 4.52. The Bertz CT molecular complexity index is 1160. The molecule has 1 N–H and O–H groups in total. The molecule has 0 aliphatic carbocycles. The molecule has 0 fully saturated rings. The number of nitrogens with one attached hydrogen (secondary N) is 1. The van der Waals surface area contributed by atoms with E-state index in [-0.39, 0.29) is 5.82 Å². The Balaban J connectivity index is 1.78. The van der Waals surface area contributed by atoms with Gasteiger partial charge in [0, 0.05) is 31.2 Å². The third-order valence-electron chi connectivity index (χ3n) is 4.52. The Morgan fingerprint density at radius 1 is 1.15 bits per heavy atom. The summed E-state index contributed by atoms with van der Waals surface area (Å²) in [6, 6.07) is 14.3. The van der Waals surface area contributed by atoms with Gasteiger partial charge in [-0.05, 0) is 29.1 Å². The fourth-order valence-electron chi connectivity index (χ4n) is 3.07. The molecule has 0 atom stereocenters. The summed E-state index contributed by atoms with van der Waals surface area (Å²) < 4.78 is 16.6. The lowest BCUT2D eigenvalue weighted by molar-refractivity contribution is 0.639. The summed E-state index contributed by atoms with van der Waals surface area (Å²) in [7, 11) is 1.91. The molecule has 0 saturated carbocycles. The molecule has 0 unspecified atom stereocenters. The monoisotopic (exact) mass is 357 g/mol. The van der Waals surface area contributed by atoms with Crippen LogP contribution in [-0.4, -0.2) is 14.5 Å². The highest BCUT2D eigenvalue weighted by molar-refractivity contribution is 6.02. The van der Waals surface area contributed by atoms with Crippen LogP contribution in [-0.2, 0) is 13.6 Å². The molecule has 5 nitrogen and oxygen atoms in total. The van der Waals surface area contributed by atoms with E-state index in [2.05, 4.69) is 21.4 Å². The van der Waals surface area contributed by atoms with Gasteiger partial charge in [0.15, 0.2) is 0 Å². The van der Waals surface area contributed by atoms with Gasteiger partial charge in [0.05, 0.1) is 23.6 Å². The first-order valence-electron chi connectivity index (χ1n) is 8.45. The Kier molecular flexibility index (Phi) is 4.27. The van der Waals surface area contributed by atoms with Crippen molar-refractivity contribution in [3.8, 4) is 17.2 Å². The zero-order chi connectivity index (χ0) is 18.8. The van der Waals surface area contributed by atoms with Crippen molar-refractivity contribution in [3.05, 3.63) is 78.3 Å². The first kappa shape index (κ1) is 16.7. The van der Waals surface area contributed by atoms with Crippen LogP contribution in [0.4, 0.5) is 10.2 Å². The van der Waals surface area contributed by atoms with Crippen LogP contribution >= 0.6 is 0 Å². The lowest BCUT2D eigenvalue weighted by Crippen LogP contribution is -2.07. The van der Waals surface area contributed by atoms with E-state index in [4.69, 9.17) is 5.26 Å². The molecule has 2 aromatic carbocycles. The molecule has 0 spiro atoms. The number of aromatic nitrogens is 3. The van der Waals surface area contributed by atoms with Gasteiger partial charge in [0.1, 0.15) is 17.5 Å². The number of imidazole rings is 1.